The molecule has 148 valence electrons. The second kappa shape index (κ2) is 8.60. The first-order valence-electron chi connectivity index (χ1n) is 8.31. The molecular weight excluding hydrogens is 370 g/mol. The minimum Gasteiger partial charge on any atom is -0.464 e. The summed E-state index contributed by atoms with van der Waals surface area (Å²) in [5, 5.41) is 2.32. The van der Waals surface area contributed by atoms with E-state index in [4.69, 9.17) is 4.74 Å². The molecule has 0 fully saturated rings. The number of amides is 1. The molecule has 0 spiro atoms. The van der Waals surface area contributed by atoms with E-state index in [9.17, 15) is 18.4 Å². The van der Waals surface area contributed by atoms with Crippen molar-refractivity contribution in [3.63, 3.8) is 0 Å². The Morgan fingerprint density at radius 2 is 1.86 bits per heavy atom. The molecule has 2 aromatic rings. The largest absolute Gasteiger partial charge is 0.464 e. The van der Waals surface area contributed by atoms with Gasteiger partial charge in [0.25, 0.3) is 0 Å². The van der Waals surface area contributed by atoms with E-state index >= 15 is 0 Å². The standard InChI is InChI=1S/C20H20F2N2O4/c1-20(2,3)28-19(26)24-16(18(25)27-4)10-12-8-9-15(23-11-12)13-6-5-7-14(21)17(13)22/h5-11H,1-4H3,(H,24,26)/b16-10-. The number of hydrogen-bond acceptors (Lipinski definition) is 5. The summed E-state index contributed by atoms with van der Waals surface area (Å²) in [6.07, 6.45) is 1.85. The molecule has 0 saturated carbocycles. The molecule has 1 heterocycles. The Labute approximate surface area is 161 Å². The fourth-order valence-electron chi connectivity index (χ4n) is 2.19. The Morgan fingerprint density at radius 3 is 2.43 bits per heavy atom. The van der Waals surface area contributed by atoms with Crippen LogP contribution in [-0.2, 0) is 14.3 Å². The van der Waals surface area contributed by atoms with Crippen LogP contribution in [0.2, 0.25) is 0 Å². The number of nitrogens with one attached hydrogen (secondary N) is 1. The maximum Gasteiger partial charge on any atom is 0.412 e. The van der Waals surface area contributed by atoms with Crippen molar-refractivity contribution in [2.24, 2.45) is 0 Å². The SMILES string of the molecule is COC(=O)/C(=C/c1ccc(-c2cccc(F)c2F)nc1)NC(=O)OC(C)(C)C. The summed E-state index contributed by atoms with van der Waals surface area (Å²) < 4.78 is 37.0. The Bertz CT molecular complexity index is 903. The van der Waals surface area contributed by atoms with Gasteiger partial charge in [0.05, 0.1) is 12.8 Å². The maximum atomic E-state index is 13.9. The van der Waals surface area contributed by atoms with Gasteiger partial charge in [-0.15, -0.1) is 0 Å². The number of halogens is 2. The first-order valence-corrected chi connectivity index (χ1v) is 8.31. The fourth-order valence-corrected chi connectivity index (χ4v) is 2.19. The van der Waals surface area contributed by atoms with Gasteiger partial charge in [0.15, 0.2) is 11.6 Å². The second-order valence-electron chi connectivity index (χ2n) is 6.75. The molecule has 0 radical (unpaired) electrons. The van der Waals surface area contributed by atoms with Gasteiger partial charge in [-0.05, 0) is 50.6 Å². The third-order valence-electron chi connectivity index (χ3n) is 3.37. The Hall–Kier alpha value is -3.29. The number of alkyl carbamates (subject to hydrolysis) is 1. The molecule has 0 aliphatic heterocycles. The smallest absolute Gasteiger partial charge is 0.412 e. The topological polar surface area (TPSA) is 77.5 Å². The highest BCUT2D eigenvalue weighted by Crippen LogP contribution is 2.23. The molecule has 1 aromatic carbocycles. The van der Waals surface area contributed by atoms with Crippen molar-refractivity contribution in [3.05, 3.63) is 59.4 Å². The van der Waals surface area contributed by atoms with Crippen molar-refractivity contribution < 1.29 is 27.8 Å². The number of rotatable bonds is 4. The third-order valence-corrected chi connectivity index (χ3v) is 3.37. The molecule has 1 N–H and O–H groups in total. The van der Waals surface area contributed by atoms with Crippen molar-refractivity contribution in [1.29, 1.82) is 0 Å². The summed E-state index contributed by atoms with van der Waals surface area (Å²) in [6, 6.07) is 6.79. The molecule has 0 bridgehead atoms. The highest BCUT2D eigenvalue weighted by Gasteiger charge is 2.20. The second-order valence-corrected chi connectivity index (χ2v) is 6.75. The van der Waals surface area contributed by atoms with Gasteiger partial charge in [-0.1, -0.05) is 12.1 Å². The average Bonchev–Trinajstić information content (AvgIpc) is 2.62. The highest BCUT2D eigenvalue weighted by molar-refractivity contribution is 5.96. The number of nitrogens with zero attached hydrogens (tertiary/aromatic N) is 1. The lowest BCUT2D eigenvalue weighted by Gasteiger charge is -2.20. The van der Waals surface area contributed by atoms with E-state index in [-0.39, 0.29) is 17.0 Å². The zero-order valence-electron chi connectivity index (χ0n) is 15.9. The first kappa shape index (κ1) is 21.0. The Balaban J connectivity index is 2.27. The highest BCUT2D eigenvalue weighted by atomic mass is 19.2. The van der Waals surface area contributed by atoms with E-state index in [0.717, 1.165) is 6.07 Å². The summed E-state index contributed by atoms with van der Waals surface area (Å²) in [6.45, 7) is 5.05. The maximum absolute atomic E-state index is 13.9. The van der Waals surface area contributed by atoms with Crippen molar-refractivity contribution >= 4 is 18.1 Å². The predicted molar refractivity (Wildman–Crippen MR) is 99.0 cm³/mol. The molecule has 1 amide bonds. The van der Waals surface area contributed by atoms with E-state index in [1.54, 1.807) is 20.8 Å². The lowest BCUT2D eigenvalue weighted by Crippen LogP contribution is -2.34. The van der Waals surface area contributed by atoms with Crippen LogP contribution >= 0.6 is 0 Å². The number of methoxy groups -OCH3 is 1. The van der Waals surface area contributed by atoms with E-state index < -0.39 is 29.3 Å². The number of pyridine rings is 1. The van der Waals surface area contributed by atoms with Crippen molar-refractivity contribution in [1.82, 2.24) is 10.3 Å². The van der Waals surface area contributed by atoms with Crippen molar-refractivity contribution in [2.45, 2.75) is 26.4 Å². The van der Waals surface area contributed by atoms with Crippen LogP contribution in [0.5, 0.6) is 0 Å². The van der Waals surface area contributed by atoms with Crippen LogP contribution in [-0.4, -0.2) is 29.8 Å². The number of esters is 1. The van der Waals surface area contributed by atoms with Crippen LogP contribution in [0.25, 0.3) is 17.3 Å². The molecule has 0 atom stereocenters. The van der Waals surface area contributed by atoms with Gasteiger partial charge in [-0.3, -0.25) is 10.3 Å². The molecule has 0 aliphatic rings. The number of ether oxygens (including phenoxy) is 2. The van der Waals surface area contributed by atoms with Crippen LogP contribution in [0.4, 0.5) is 13.6 Å². The molecule has 0 aliphatic carbocycles. The summed E-state index contributed by atoms with van der Waals surface area (Å²) in [5.41, 5.74) is -0.256. The zero-order chi connectivity index (χ0) is 20.9. The minimum atomic E-state index is -1.000. The van der Waals surface area contributed by atoms with Crippen molar-refractivity contribution in [2.75, 3.05) is 7.11 Å². The molecule has 8 heteroatoms. The quantitative estimate of drug-likeness (QED) is 0.629. The third kappa shape index (κ3) is 5.60. The summed E-state index contributed by atoms with van der Waals surface area (Å²) in [7, 11) is 1.17. The van der Waals surface area contributed by atoms with Crippen LogP contribution < -0.4 is 5.32 Å². The van der Waals surface area contributed by atoms with Crippen LogP contribution in [0.1, 0.15) is 26.3 Å². The fraction of sp³-hybridized carbons (Fsp3) is 0.250. The van der Waals surface area contributed by atoms with E-state index in [1.165, 1.54) is 43.6 Å². The normalized spacial score (nSPS) is 11.7. The summed E-state index contributed by atoms with van der Waals surface area (Å²) in [4.78, 5) is 27.9. The Morgan fingerprint density at radius 1 is 1.14 bits per heavy atom. The van der Waals surface area contributed by atoms with E-state index in [0.29, 0.717) is 5.56 Å². The van der Waals surface area contributed by atoms with Gasteiger partial charge >= 0.3 is 12.1 Å². The van der Waals surface area contributed by atoms with Gasteiger partial charge in [-0.25, -0.2) is 18.4 Å². The van der Waals surface area contributed by atoms with Crippen LogP contribution in [0, 0.1) is 11.6 Å². The molecule has 28 heavy (non-hydrogen) atoms. The van der Waals surface area contributed by atoms with Crippen LogP contribution in [0.3, 0.4) is 0 Å². The van der Waals surface area contributed by atoms with Gasteiger partial charge in [0.2, 0.25) is 0 Å². The van der Waals surface area contributed by atoms with E-state index in [2.05, 4.69) is 15.0 Å². The van der Waals surface area contributed by atoms with Crippen molar-refractivity contribution in [3.8, 4) is 11.3 Å². The van der Waals surface area contributed by atoms with Gasteiger partial charge in [-0.2, -0.15) is 0 Å². The molecular formula is C20H20F2N2O4. The number of carbonyl (C=O) groups is 2. The van der Waals surface area contributed by atoms with Crippen LogP contribution in [0.15, 0.2) is 42.2 Å². The van der Waals surface area contributed by atoms with Gasteiger partial charge < -0.3 is 9.47 Å². The lowest BCUT2D eigenvalue weighted by molar-refractivity contribution is -0.136. The first-order chi connectivity index (χ1) is 13.1. The van der Waals surface area contributed by atoms with E-state index in [1.807, 2.05) is 0 Å². The Kier molecular flexibility index (Phi) is 6.45. The number of hydrogen-bond donors (Lipinski definition) is 1. The summed E-state index contributed by atoms with van der Waals surface area (Å²) in [5.74, 6) is -2.76. The number of carbonyl (C=O) groups excluding carboxylic acids is 2. The van der Waals surface area contributed by atoms with Gasteiger partial charge in [0, 0.05) is 11.8 Å². The molecule has 0 saturated heterocycles. The number of aromatic nitrogens is 1. The zero-order valence-corrected chi connectivity index (χ0v) is 15.9. The molecule has 0 unspecified atom stereocenters. The molecule has 6 nitrogen and oxygen atoms in total. The molecule has 2 rings (SSSR count). The molecule has 1 aromatic heterocycles. The minimum absolute atomic E-state index is 0.00982. The summed E-state index contributed by atoms with van der Waals surface area (Å²) >= 11 is 0. The lowest BCUT2D eigenvalue weighted by atomic mass is 10.1. The monoisotopic (exact) mass is 390 g/mol. The van der Waals surface area contributed by atoms with Gasteiger partial charge in [0.1, 0.15) is 11.3 Å². The predicted octanol–water partition coefficient (Wildman–Crippen LogP) is 4.07. The number of benzene rings is 1. The average molecular weight is 390 g/mol.